The molecule has 1 aromatic heterocycles. The van der Waals surface area contributed by atoms with Crippen molar-refractivity contribution in [3.8, 4) is 0 Å². The van der Waals surface area contributed by atoms with Gasteiger partial charge >= 0.3 is 0 Å². The monoisotopic (exact) mass is 366 g/mol. The second kappa shape index (κ2) is 7.05. The predicted octanol–water partition coefficient (Wildman–Crippen LogP) is 4.47. The Morgan fingerprint density at radius 3 is 2.71 bits per heavy atom. The number of aromatic nitrogens is 1. The molecule has 1 heterocycles. The largest absolute Gasteiger partial charge is 0.333 e. The fourth-order valence-electron chi connectivity index (χ4n) is 2.02. The van der Waals surface area contributed by atoms with Gasteiger partial charge in [-0.05, 0) is 60.1 Å². The van der Waals surface area contributed by atoms with Crippen molar-refractivity contribution in [3.63, 3.8) is 0 Å². The SMILES string of the molecule is CCN(Cc1cccc(C)n1)C(=O)c1ccc(Cl)c(Br)c1. The number of nitrogens with zero attached hydrogens (tertiary/aromatic N) is 2. The summed E-state index contributed by atoms with van der Waals surface area (Å²) >= 11 is 9.31. The van der Waals surface area contributed by atoms with Crippen molar-refractivity contribution in [1.82, 2.24) is 9.88 Å². The Morgan fingerprint density at radius 2 is 2.10 bits per heavy atom. The molecule has 0 radical (unpaired) electrons. The smallest absolute Gasteiger partial charge is 0.254 e. The molecule has 3 nitrogen and oxygen atoms in total. The summed E-state index contributed by atoms with van der Waals surface area (Å²) in [5.41, 5.74) is 2.45. The van der Waals surface area contributed by atoms with E-state index in [0.717, 1.165) is 15.9 Å². The fraction of sp³-hybridized carbons (Fsp3) is 0.250. The topological polar surface area (TPSA) is 33.2 Å². The Hall–Kier alpha value is -1.39. The van der Waals surface area contributed by atoms with E-state index in [-0.39, 0.29) is 5.91 Å². The summed E-state index contributed by atoms with van der Waals surface area (Å²) in [6, 6.07) is 11.0. The van der Waals surface area contributed by atoms with Crippen LogP contribution in [0.2, 0.25) is 5.02 Å². The zero-order valence-corrected chi connectivity index (χ0v) is 14.3. The highest BCUT2D eigenvalue weighted by atomic mass is 79.9. The van der Waals surface area contributed by atoms with E-state index in [4.69, 9.17) is 11.6 Å². The summed E-state index contributed by atoms with van der Waals surface area (Å²) in [6.45, 7) is 5.02. The van der Waals surface area contributed by atoms with Crippen molar-refractivity contribution in [1.29, 1.82) is 0 Å². The van der Waals surface area contributed by atoms with Gasteiger partial charge in [-0.1, -0.05) is 17.7 Å². The molecule has 0 bridgehead atoms. The lowest BCUT2D eigenvalue weighted by Gasteiger charge is -2.21. The second-order valence-electron chi connectivity index (χ2n) is 4.72. The van der Waals surface area contributed by atoms with Gasteiger partial charge in [0.05, 0.1) is 17.3 Å². The van der Waals surface area contributed by atoms with E-state index in [1.165, 1.54) is 0 Å². The highest BCUT2D eigenvalue weighted by Gasteiger charge is 2.16. The van der Waals surface area contributed by atoms with Crippen LogP contribution in [0.1, 0.15) is 28.7 Å². The molecule has 1 aromatic carbocycles. The number of hydrogen-bond donors (Lipinski definition) is 0. The molecule has 0 aliphatic heterocycles. The third kappa shape index (κ3) is 4.05. The number of carbonyl (C=O) groups is 1. The van der Waals surface area contributed by atoms with Gasteiger partial charge in [-0.2, -0.15) is 0 Å². The van der Waals surface area contributed by atoms with E-state index in [0.29, 0.717) is 23.7 Å². The molecule has 0 atom stereocenters. The molecule has 0 spiro atoms. The molecule has 1 amide bonds. The van der Waals surface area contributed by atoms with Crippen molar-refractivity contribution in [2.75, 3.05) is 6.54 Å². The van der Waals surface area contributed by atoms with E-state index in [1.54, 1.807) is 23.1 Å². The van der Waals surface area contributed by atoms with Gasteiger partial charge in [0.1, 0.15) is 0 Å². The second-order valence-corrected chi connectivity index (χ2v) is 5.98. The minimum Gasteiger partial charge on any atom is -0.333 e. The average molecular weight is 368 g/mol. The molecule has 0 saturated heterocycles. The van der Waals surface area contributed by atoms with Crippen LogP contribution in [0, 0.1) is 6.92 Å². The molecule has 0 N–H and O–H groups in total. The molecule has 5 heteroatoms. The Morgan fingerprint density at radius 1 is 1.33 bits per heavy atom. The lowest BCUT2D eigenvalue weighted by atomic mass is 10.2. The zero-order valence-electron chi connectivity index (χ0n) is 11.9. The van der Waals surface area contributed by atoms with Crippen LogP contribution in [0.5, 0.6) is 0 Å². The van der Waals surface area contributed by atoms with Crippen molar-refractivity contribution in [3.05, 3.63) is 62.8 Å². The van der Waals surface area contributed by atoms with E-state index < -0.39 is 0 Å². The van der Waals surface area contributed by atoms with Gasteiger partial charge in [0, 0.05) is 22.3 Å². The van der Waals surface area contributed by atoms with Crippen LogP contribution in [0.3, 0.4) is 0 Å². The maximum atomic E-state index is 12.6. The molecule has 110 valence electrons. The van der Waals surface area contributed by atoms with E-state index in [9.17, 15) is 4.79 Å². The van der Waals surface area contributed by atoms with Gasteiger partial charge in [0.25, 0.3) is 5.91 Å². The van der Waals surface area contributed by atoms with E-state index >= 15 is 0 Å². The Labute approximate surface area is 138 Å². The summed E-state index contributed by atoms with van der Waals surface area (Å²) < 4.78 is 0.722. The average Bonchev–Trinajstić information content (AvgIpc) is 2.47. The van der Waals surface area contributed by atoms with Gasteiger partial charge in [-0.25, -0.2) is 0 Å². The summed E-state index contributed by atoms with van der Waals surface area (Å²) in [7, 11) is 0. The molecule has 2 aromatic rings. The number of rotatable bonds is 4. The Balaban J connectivity index is 2.20. The molecule has 2 rings (SSSR count). The lowest BCUT2D eigenvalue weighted by molar-refractivity contribution is 0.0750. The molecular weight excluding hydrogens is 352 g/mol. The summed E-state index contributed by atoms with van der Waals surface area (Å²) in [5.74, 6) is -0.0295. The first kappa shape index (κ1) is 16.0. The Kier molecular flexibility index (Phi) is 5.37. The Bertz CT molecular complexity index is 660. The van der Waals surface area contributed by atoms with Crippen molar-refractivity contribution >= 4 is 33.4 Å². The fourth-order valence-corrected chi connectivity index (χ4v) is 2.52. The number of benzene rings is 1. The molecular formula is C16H16BrClN2O. The first-order valence-corrected chi connectivity index (χ1v) is 7.85. The van der Waals surface area contributed by atoms with Crippen molar-refractivity contribution in [2.45, 2.75) is 20.4 Å². The number of halogens is 2. The van der Waals surface area contributed by atoms with Crippen LogP contribution in [-0.4, -0.2) is 22.3 Å². The number of carbonyl (C=O) groups excluding carboxylic acids is 1. The van der Waals surface area contributed by atoms with Crippen LogP contribution in [0.25, 0.3) is 0 Å². The predicted molar refractivity (Wildman–Crippen MR) is 88.5 cm³/mol. The minimum absolute atomic E-state index is 0.0295. The van der Waals surface area contributed by atoms with Gasteiger partial charge in [-0.15, -0.1) is 0 Å². The maximum Gasteiger partial charge on any atom is 0.254 e. The van der Waals surface area contributed by atoms with E-state index in [1.807, 2.05) is 32.0 Å². The van der Waals surface area contributed by atoms with Crippen LogP contribution in [-0.2, 0) is 6.54 Å². The number of aryl methyl sites for hydroxylation is 1. The van der Waals surface area contributed by atoms with Gasteiger partial charge in [-0.3, -0.25) is 9.78 Å². The molecule has 0 unspecified atom stereocenters. The highest BCUT2D eigenvalue weighted by Crippen LogP contribution is 2.24. The highest BCUT2D eigenvalue weighted by molar-refractivity contribution is 9.10. The van der Waals surface area contributed by atoms with Crippen LogP contribution in [0.4, 0.5) is 0 Å². The first-order valence-electron chi connectivity index (χ1n) is 6.68. The quantitative estimate of drug-likeness (QED) is 0.799. The number of pyridine rings is 1. The van der Waals surface area contributed by atoms with Crippen LogP contribution in [0.15, 0.2) is 40.9 Å². The van der Waals surface area contributed by atoms with Gasteiger partial charge < -0.3 is 4.90 Å². The molecule has 0 aliphatic rings. The normalized spacial score (nSPS) is 10.5. The van der Waals surface area contributed by atoms with Crippen LogP contribution >= 0.6 is 27.5 Å². The van der Waals surface area contributed by atoms with Gasteiger partial charge in [0.15, 0.2) is 0 Å². The third-order valence-electron chi connectivity index (χ3n) is 3.13. The number of amides is 1. The standard InChI is InChI=1S/C16H16BrClN2O/c1-3-20(10-13-6-4-5-11(2)19-13)16(21)12-7-8-15(18)14(17)9-12/h4-9H,3,10H2,1-2H3. The van der Waals surface area contributed by atoms with Crippen molar-refractivity contribution in [2.24, 2.45) is 0 Å². The molecule has 0 fully saturated rings. The third-order valence-corrected chi connectivity index (χ3v) is 4.35. The number of hydrogen-bond acceptors (Lipinski definition) is 2. The maximum absolute atomic E-state index is 12.6. The lowest BCUT2D eigenvalue weighted by Crippen LogP contribution is -2.30. The van der Waals surface area contributed by atoms with Gasteiger partial charge in [0.2, 0.25) is 0 Å². The van der Waals surface area contributed by atoms with Crippen molar-refractivity contribution < 1.29 is 4.79 Å². The van der Waals surface area contributed by atoms with E-state index in [2.05, 4.69) is 20.9 Å². The van der Waals surface area contributed by atoms with Crippen LogP contribution < -0.4 is 0 Å². The summed E-state index contributed by atoms with van der Waals surface area (Å²) in [5, 5.41) is 0.593. The molecule has 0 aliphatic carbocycles. The molecule has 0 saturated carbocycles. The summed E-state index contributed by atoms with van der Waals surface area (Å²) in [6.07, 6.45) is 0. The summed E-state index contributed by atoms with van der Waals surface area (Å²) in [4.78, 5) is 18.8. The first-order chi connectivity index (χ1) is 10.0. The molecule has 21 heavy (non-hydrogen) atoms. The zero-order chi connectivity index (χ0) is 15.4. The minimum atomic E-state index is -0.0295.